The van der Waals surface area contributed by atoms with Crippen LogP contribution in [0.4, 0.5) is 5.82 Å². The van der Waals surface area contributed by atoms with Crippen molar-refractivity contribution in [1.82, 2.24) is 20.0 Å². The van der Waals surface area contributed by atoms with Crippen LogP contribution in [0.3, 0.4) is 0 Å². The largest absolute Gasteiger partial charge is 0.355 e. The third-order valence-electron chi connectivity index (χ3n) is 6.66. The number of rotatable bonds is 4. The van der Waals surface area contributed by atoms with E-state index < -0.39 is 0 Å². The average Bonchev–Trinajstić information content (AvgIpc) is 3.22. The van der Waals surface area contributed by atoms with E-state index in [1.54, 1.807) is 0 Å². The molecule has 0 unspecified atom stereocenters. The standard InChI is InChI=1S/C22H29N5O2/c28-22(26-12-2-1-3-13-26)17-9-6-14-27(15-17)20-18(10-5-11-23-20)19-24-21(29-25-19)16-7-4-8-16/h5,10-11,16-17H,1-4,6-9,12-15H2/t17-/m0/s1. The summed E-state index contributed by atoms with van der Waals surface area (Å²) in [6, 6.07) is 3.92. The van der Waals surface area contributed by atoms with Crippen molar-refractivity contribution >= 4 is 11.7 Å². The fourth-order valence-corrected chi connectivity index (χ4v) is 4.73. The van der Waals surface area contributed by atoms with Gasteiger partial charge in [0, 0.05) is 38.3 Å². The molecule has 3 aliphatic rings. The first-order valence-corrected chi connectivity index (χ1v) is 11.1. The predicted octanol–water partition coefficient (Wildman–Crippen LogP) is 3.63. The zero-order valence-electron chi connectivity index (χ0n) is 16.9. The van der Waals surface area contributed by atoms with Gasteiger partial charge < -0.3 is 14.3 Å². The molecule has 7 heteroatoms. The van der Waals surface area contributed by atoms with Crippen LogP contribution in [0.2, 0.25) is 0 Å². The SMILES string of the molecule is O=C([C@H]1CCCN(c2ncccc2-c2noc(C3CCC3)n2)C1)N1CCCCC1. The lowest BCUT2D eigenvalue weighted by Crippen LogP contribution is -2.46. The van der Waals surface area contributed by atoms with Crippen molar-refractivity contribution in [3.63, 3.8) is 0 Å². The molecule has 4 heterocycles. The van der Waals surface area contributed by atoms with Gasteiger partial charge in [-0.2, -0.15) is 4.98 Å². The highest BCUT2D eigenvalue weighted by Gasteiger charge is 2.32. The van der Waals surface area contributed by atoms with E-state index in [-0.39, 0.29) is 5.92 Å². The maximum Gasteiger partial charge on any atom is 0.230 e. The van der Waals surface area contributed by atoms with E-state index in [2.05, 4.69) is 24.9 Å². The smallest absolute Gasteiger partial charge is 0.230 e. The summed E-state index contributed by atoms with van der Waals surface area (Å²) in [4.78, 5) is 26.7. The third-order valence-corrected chi connectivity index (χ3v) is 6.66. The maximum absolute atomic E-state index is 13.0. The number of aromatic nitrogens is 3. The normalized spacial score (nSPS) is 23.1. The van der Waals surface area contributed by atoms with Gasteiger partial charge in [-0.15, -0.1) is 0 Å². The molecule has 1 aliphatic carbocycles. The Labute approximate surface area is 171 Å². The first kappa shape index (κ1) is 18.6. The lowest BCUT2D eigenvalue weighted by molar-refractivity contribution is -0.136. The van der Waals surface area contributed by atoms with Crippen LogP contribution in [0.15, 0.2) is 22.9 Å². The van der Waals surface area contributed by atoms with E-state index in [4.69, 9.17) is 4.52 Å². The molecule has 2 aromatic rings. The number of piperidine rings is 2. The van der Waals surface area contributed by atoms with Gasteiger partial charge in [-0.3, -0.25) is 4.79 Å². The van der Waals surface area contributed by atoms with Gasteiger partial charge in [-0.1, -0.05) is 11.6 Å². The molecule has 5 rings (SSSR count). The zero-order chi connectivity index (χ0) is 19.6. The summed E-state index contributed by atoms with van der Waals surface area (Å²) < 4.78 is 5.54. The van der Waals surface area contributed by atoms with E-state index in [9.17, 15) is 4.79 Å². The van der Waals surface area contributed by atoms with Gasteiger partial charge in [-0.25, -0.2) is 4.98 Å². The summed E-state index contributed by atoms with van der Waals surface area (Å²) in [5.41, 5.74) is 0.896. The van der Waals surface area contributed by atoms with Crippen LogP contribution in [0.25, 0.3) is 11.4 Å². The molecule has 0 aromatic carbocycles. The number of hydrogen-bond acceptors (Lipinski definition) is 6. The summed E-state index contributed by atoms with van der Waals surface area (Å²) in [6.07, 6.45) is 10.8. The lowest BCUT2D eigenvalue weighted by atomic mass is 9.85. The van der Waals surface area contributed by atoms with Crippen molar-refractivity contribution in [2.75, 3.05) is 31.1 Å². The molecule has 29 heavy (non-hydrogen) atoms. The highest BCUT2D eigenvalue weighted by Crippen LogP contribution is 2.37. The third kappa shape index (κ3) is 3.74. The second kappa shape index (κ2) is 8.13. The minimum atomic E-state index is 0.0486. The van der Waals surface area contributed by atoms with E-state index >= 15 is 0 Å². The molecular weight excluding hydrogens is 366 g/mol. The van der Waals surface area contributed by atoms with Crippen molar-refractivity contribution in [3.05, 3.63) is 24.2 Å². The minimum Gasteiger partial charge on any atom is -0.355 e. The Morgan fingerprint density at radius 3 is 2.69 bits per heavy atom. The van der Waals surface area contributed by atoms with Crippen LogP contribution in [-0.2, 0) is 4.79 Å². The van der Waals surface area contributed by atoms with Gasteiger partial charge in [0.05, 0.1) is 11.5 Å². The van der Waals surface area contributed by atoms with Gasteiger partial charge in [0.25, 0.3) is 0 Å². The zero-order valence-corrected chi connectivity index (χ0v) is 16.9. The minimum absolute atomic E-state index is 0.0486. The fourth-order valence-electron chi connectivity index (χ4n) is 4.73. The quantitative estimate of drug-likeness (QED) is 0.787. The number of nitrogens with zero attached hydrogens (tertiary/aromatic N) is 5. The van der Waals surface area contributed by atoms with Crippen molar-refractivity contribution in [2.45, 2.75) is 57.3 Å². The van der Waals surface area contributed by atoms with Crippen molar-refractivity contribution in [1.29, 1.82) is 0 Å². The molecular formula is C22H29N5O2. The summed E-state index contributed by atoms with van der Waals surface area (Å²) in [6.45, 7) is 3.45. The number of likely N-dealkylation sites (tertiary alicyclic amines) is 1. The maximum atomic E-state index is 13.0. The van der Waals surface area contributed by atoms with E-state index in [0.717, 1.165) is 75.4 Å². The molecule has 1 atom stereocenters. The molecule has 0 bridgehead atoms. The van der Waals surface area contributed by atoms with Crippen LogP contribution in [-0.4, -0.2) is 52.1 Å². The van der Waals surface area contributed by atoms with Crippen molar-refractivity contribution in [3.8, 4) is 11.4 Å². The molecule has 1 saturated carbocycles. The van der Waals surface area contributed by atoms with Crippen molar-refractivity contribution in [2.24, 2.45) is 5.92 Å². The second-order valence-electron chi connectivity index (χ2n) is 8.63. The highest BCUT2D eigenvalue weighted by molar-refractivity contribution is 5.80. The Morgan fingerprint density at radius 1 is 1.03 bits per heavy atom. The van der Waals surface area contributed by atoms with Crippen LogP contribution >= 0.6 is 0 Å². The Kier molecular flexibility index (Phi) is 5.21. The number of anilines is 1. The fraction of sp³-hybridized carbons (Fsp3) is 0.636. The number of amides is 1. The Hall–Kier alpha value is -2.44. The van der Waals surface area contributed by atoms with Gasteiger partial charge in [0.15, 0.2) is 0 Å². The van der Waals surface area contributed by atoms with Gasteiger partial charge >= 0.3 is 0 Å². The molecule has 7 nitrogen and oxygen atoms in total. The molecule has 2 saturated heterocycles. The van der Waals surface area contributed by atoms with Crippen LogP contribution in [0, 0.1) is 5.92 Å². The first-order chi connectivity index (χ1) is 14.3. The molecule has 3 fully saturated rings. The molecule has 154 valence electrons. The van der Waals surface area contributed by atoms with Crippen LogP contribution in [0.1, 0.15) is 63.2 Å². The van der Waals surface area contributed by atoms with Crippen molar-refractivity contribution < 1.29 is 9.32 Å². The average molecular weight is 396 g/mol. The second-order valence-corrected chi connectivity index (χ2v) is 8.63. The van der Waals surface area contributed by atoms with E-state index in [0.29, 0.717) is 24.2 Å². The molecule has 2 aromatic heterocycles. The first-order valence-electron chi connectivity index (χ1n) is 11.1. The number of carbonyl (C=O) groups is 1. The van der Waals surface area contributed by atoms with Crippen LogP contribution in [0.5, 0.6) is 0 Å². The van der Waals surface area contributed by atoms with Gasteiger partial charge in [0.1, 0.15) is 5.82 Å². The number of hydrogen-bond donors (Lipinski definition) is 0. The molecule has 1 amide bonds. The van der Waals surface area contributed by atoms with Crippen LogP contribution < -0.4 is 4.90 Å². The Morgan fingerprint density at radius 2 is 1.90 bits per heavy atom. The molecule has 2 aliphatic heterocycles. The Bertz CT molecular complexity index is 856. The molecule has 0 N–H and O–H groups in total. The summed E-state index contributed by atoms with van der Waals surface area (Å²) in [5, 5.41) is 4.24. The van der Waals surface area contributed by atoms with E-state index in [1.165, 1.54) is 12.8 Å². The lowest BCUT2D eigenvalue weighted by Gasteiger charge is -2.37. The Balaban J connectivity index is 1.35. The van der Waals surface area contributed by atoms with Gasteiger partial charge in [-0.05, 0) is 57.1 Å². The van der Waals surface area contributed by atoms with E-state index in [1.807, 2.05) is 18.3 Å². The summed E-state index contributed by atoms with van der Waals surface area (Å²) >= 11 is 0. The topological polar surface area (TPSA) is 75.4 Å². The summed E-state index contributed by atoms with van der Waals surface area (Å²) in [7, 11) is 0. The molecule has 0 spiro atoms. The molecule has 0 radical (unpaired) electrons. The number of pyridine rings is 1. The summed E-state index contributed by atoms with van der Waals surface area (Å²) in [5.74, 6) is 3.01. The predicted molar refractivity (Wildman–Crippen MR) is 109 cm³/mol. The monoisotopic (exact) mass is 395 g/mol. The highest BCUT2D eigenvalue weighted by atomic mass is 16.5. The number of carbonyl (C=O) groups excluding carboxylic acids is 1. The van der Waals surface area contributed by atoms with Gasteiger partial charge in [0.2, 0.25) is 17.6 Å².